The second kappa shape index (κ2) is 7.28. The van der Waals surface area contributed by atoms with Crippen LogP contribution in [0.1, 0.15) is 22.8 Å². The smallest absolute Gasteiger partial charge is 0.159 e. The van der Waals surface area contributed by atoms with E-state index in [4.69, 9.17) is 0 Å². The average molecular weight is 373 g/mol. The molecule has 0 radical (unpaired) electrons. The van der Waals surface area contributed by atoms with Gasteiger partial charge in [0.25, 0.3) is 0 Å². The number of ketones is 1. The SMILES string of the molecule is CC(=O)c1ccc(N2CCN(Cc3ccc(Br)cc3)CC2)cc1. The van der Waals surface area contributed by atoms with Crippen LogP contribution in [-0.2, 0) is 6.54 Å². The largest absolute Gasteiger partial charge is 0.369 e. The molecule has 0 aromatic heterocycles. The second-order valence-electron chi connectivity index (χ2n) is 5.99. The maximum Gasteiger partial charge on any atom is 0.159 e. The molecule has 0 amide bonds. The van der Waals surface area contributed by atoms with Crippen molar-refractivity contribution in [2.24, 2.45) is 0 Å². The van der Waals surface area contributed by atoms with Crippen LogP contribution >= 0.6 is 15.9 Å². The standard InChI is InChI=1S/C19H21BrN2O/c1-15(23)17-4-8-19(9-5-17)22-12-10-21(11-13-22)14-16-2-6-18(20)7-3-16/h2-9H,10-14H2,1H3. The molecule has 0 atom stereocenters. The summed E-state index contributed by atoms with van der Waals surface area (Å²) in [5.74, 6) is 0.121. The number of Topliss-reactive ketones (excluding diaryl/α,β-unsaturated/α-hetero) is 1. The monoisotopic (exact) mass is 372 g/mol. The number of benzene rings is 2. The molecule has 2 aromatic carbocycles. The van der Waals surface area contributed by atoms with Crippen molar-refractivity contribution in [1.82, 2.24) is 4.90 Å². The summed E-state index contributed by atoms with van der Waals surface area (Å²) in [6, 6.07) is 16.5. The van der Waals surface area contributed by atoms with E-state index in [-0.39, 0.29) is 5.78 Å². The van der Waals surface area contributed by atoms with E-state index in [1.165, 1.54) is 11.3 Å². The van der Waals surface area contributed by atoms with E-state index in [9.17, 15) is 4.79 Å². The Bertz CT molecular complexity index is 659. The second-order valence-corrected chi connectivity index (χ2v) is 6.91. The van der Waals surface area contributed by atoms with Crippen molar-refractivity contribution in [2.45, 2.75) is 13.5 Å². The molecule has 1 saturated heterocycles. The maximum absolute atomic E-state index is 11.3. The lowest BCUT2D eigenvalue weighted by Gasteiger charge is -2.36. The van der Waals surface area contributed by atoms with Gasteiger partial charge in [-0.05, 0) is 48.9 Å². The zero-order valence-electron chi connectivity index (χ0n) is 13.3. The third-order valence-electron chi connectivity index (χ3n) is 4.33. The molecule has 1 aliphatic heterocycles. The zero-order chi connectivity index (χ0) is 16.2. The molecule has 0 bridgehead atoms. The van der Waals surface area contributed by atoms with Gasteiger partial charge in [-0.15, -0.1) is 0 Å². The number of carbonyl (C=O) groups excluding carboxylic acids is 1. The Labute approximate surface area is 146 Å². The summed E-state index contributed by atoms with van der Waals surface area (Å²) in [5, 5.41) is 0. The summed E-state index contributed by atoms with van der Waals surface area (Å²) < 4.78 is 1.13. The van der Waals surface area contributed by atoms with E-state index in [2.05, 4.69) is 62.1 Å². The quantitative estimate of drug-likeness (QED) is 0.758. The van der Waals surface area contributed by atoms with Crippen LogP contribution in [0.2, 0.25) is 0 Å². The number of hydrogen-bond donors (Lipinski definition) is 0. The maximum atomic E-state index is 11.3. The Hall–Kier alpha value is -1.65. The van der Waals surface area contributed by atoms with E-state index >= 15 is 0 Å². The van der Waals surface area contributed by atoms with Crippen LogP contribution in [0, 0.1) is 0 Å². The van der Waals surface area contributed by atoms with Gasteiger partial charge >= 0.3 is 0 Å². The molecule has 1 heterocycles. The lowest BCUT2D eigenvalue weighted by Crippen LogP contribution is -2.45. The summed E-state index contributed by atoms with van der Waals surface area (Å²) in [5.41, 5.74) is 3.34. The predicted molar refractivity (Wildman–Crippen MR) is 98.1 cm³/mol. The normalized spacial score (nSPS) is 15.7. The highest BCUT2D eigenvalue weighted by Crippen LogP contribution is 2.19. The molecular formula is C19H21BrN2O. The third-order valence-corrected chi connectivity index (χ3v) is 4.86. The lowest BCUT2D eigenvalue weighted by molar-refractivity contribution is 0.101. The molecule has 3 rings (SSSR count). The molecule has 23 heavy (non-hydrogen) atoms. The fourth-order valence-corrected chi connectivity index (χ4v) is 3.18. The number of anilines is 1. The number of carbonyl (C=O) groups is 1. The van der Waals surface area contributed by atoms with Gasteiger partial charge in [0, 0.05) is 48.4 Å². The van der Waals surface area contributed by atoms with Gasteiger partial charge in [0.05, 0.1) is 0 Å². The van der Waals surface area contributed by atoms with Crippen molar-refractivity contribution < 1.29 is 4.79 Å². The molecule has 2 aromatic rings. The minimum atomic E-state index is 0.121. The number of nitrogens with zero attached hydrogens (tertiary/aromatic N) is 2. The summed E-state index contributed by atoms with van der Waals surface area (Å²) in [6.45, 7) is 6.78. The molecule has 0 saturated carbocycles. The molecule has 1 aliphatic rings. The Balaban J connectivity index is 1.55. The summed E-state index contributed by atoms with van der Waals surface area (Å²) in [6.07, 6.45) is 0. The van der Waals surface area contributed by atoms with E-state index in [1.54, 1.807) is 6.92 Å². The molecule has 0 N–H and O–H groups in total. The number of rotatable bonds is 4. The number of piperazine rings is 1. The predicted octanol–water partition coefficient (Wildman–Crippen LogP) is 3.97. The third kappa shape index (κ3) is 4.21. The van der Waals surface area contributed by atoms with Crippen LogP contribution in [-0.4, -0.2) is 36.9 Å². The Kier molecular flexibility index (Phi) is 5.13. The van der Waals surface area contributed by atoms with E-state index in [0.29, 0.717) is 0 Å². The molecule has 1 fully saturated rings. The minimum Gasteiger partial charge on any atom is -0.369 e. The highest BCUT2D eigenvalue weighted by atomic mass is 79.9. The van der Waals surface area contributed by atoms with Crippen molar-refractivity contribution in [3.05, 3.63) is 64.1 Å². The highest BCUT2D eigenvalue weighted by molar-refractivity contribution is 9.10. The van der Waals surface area contributed by atoms with Crippen LogP contribution in [0.4, 0.5) is 5.69 Å². The Morgan fingerprint density at radius 2 is 1.57 bits per heavy atom. The Morgan fingerprint density at radius 3 is 2.13 bits per heavy atom. The average Bonchev–Trinajstić information content (AvgIpc) is 2.58. The van der Waals surface area contributed by atoms with Gasteiger partial charge in [-0.3, -0.25) is 9.69 Å². The molecule has 120 valence electrons. The molecule has 4 heteroatoms. The summed E-state index contributed by atoms with van der Waals surface area (Å²) >= 11 is 3.48. The molecule has 0 aliphatic carbocycles. The van der Waals surface area contributed by atoms with Crippen LogP contribution in [0.3, 0.4) is 0 Å². The van der Waals surface area contributed by atoms with Crippen LogP contribution < -0.4 is 4.90 Å². The number of hydrogen-bond acceptors (Lipinski definition) is 3. The van der Waals surface area contributed by atoms with Gasteiger partial charge in [-0.1, -0.05) is 28.1 Å². The molecule has 0 spiro atoms. The van der Waals surface area contributed by atoms with Gasteiger partial charge in [0.2, 0.25) is 0 Å². The van der Waals surface area contributed by atoms with Crippen molar-refractivity contribution in [1.29, 1.82) is 0 Å². The number of halogens is 1. The Morgan fingerprint density at radius 1 is 0.957 bits per heavy atom. The van der Waals surface area contributed by atoms with Crippen LogP contribution in [0.25, 0.3) is 0 Å². The molecular weight excluding hydrogens is 352 g/mol. The first kappa shape index (κ1) is 16.2. The fraction of sp³-hybridized carbons (Fsp3) is 0.316. The highest BCUT2D eigenvalue weighted by Gasteiger charge is 2.17. The van der Waals surface area contributed by atoms with Gasteiger partial charge in [-0.25, -0.2) is 0 Å². The summed E-state index contributed by atoms with van der Waals surface area (Å²) in [7, 11) is 0. The van der Waals surface area contributed by atoms with Crippen LogP contribution in [0.15, 0.2) is 53.0 Å². The first-order valence-corrected chi connectivity index (χ1v) is 8.74. The minimum absolute atomic E-state index is 0.121. The van der Waals surface area contributed by atoms with E-state index in [1.807, 2.05) is 12.1 Å². The lowest BCUT2D eigenvalue weighted by atomic mass is 10.1. The van der Waals surface area contributed by atoms with Crippen molar-refractivity contribution in [3.8, 4) is 0 Å². The van der Waals surface area contributed by atoms with Gasteiger partial charge in [-0.2, -0.15) is 0 Å². The van der Waals surface area contributed by atoms with Gasteiger partial charge in [0.15, 0.2) is 5.78 Å². The first-order chi connectivity index (χ1) is 11.1. The topological polar surface area (TPSA) is 23.6 Å². The first-order valence-electron chi connectivity index (χ1n) is 7.94. The fourth-order valence-electron chi connectivity index (χ4n) is 2.92. The van der Waals surface area contributed by atoms with Crippen molar-refractivity contribution in [2.75, 3.05) is 31.1 Å². The van der Waals surface area contributed by atoms with E-state index < -0.39 is 0 Å². The van der Waals surface area contributed by atoms with Crippen LogP contribution in [0.5, 0.6) is 0 Å². The van der Waals surface area contributed by atoms with E-state index in [0.717, 1.165) is 42.8 Å². The zero-order valence-corrected chi connectivity index (χ0v) is 14.9. The van der Waals surface area contributed by atoms with Gasteiger partial charge < -0.3 is 4.90 Å². The molecule has 0 unspecified atom stereocenters. The van der Waals surface area contributed by atoms with Gasteiger partial charge in [0.1, 0.15) is 0 Å². The molecule has 3 nitrogen and oxygen atoms in total. The summed E-state index contributed by atoms with van der Waals surface area (Å²) in [4.78, 5) is 16.2. The van der Waals surface area contributed by atoms with Crippen molar-refractivity contribution in [3.63, 3.8) is 0 Å². The van der Waals surface area contributed by atoms with Crippen molar-refractivity contribution >= 4 is 27.4 Å².